The van der Waals surface area contributed by atoms with Crippen molar-refractivity contribution in [2.45, 2.75) is 52.4 Å². The van der Waals surface area contributed by atoms with Gasteiger partial charge in [0.25, 0.3) is 0 Å². The Morgan fingerprint density at radius 1 is 0.462 bits per heavy atom. The van der Waals surface area contributed by atoms with Gasteiger partial charge in [0, 0.05) is 33.3 Å². The summed E-state index contributed by atoms with van der Waals surface area (Å²) in [6.07, 6.45) is 1.93. The molecule has 0 aliphatic heterocycles. The number of para-hydroxylation sites is 1. The van der Waals surface area contributed by atoms with Gasteiger partial charge in [0.1, 0.15) is 17.0 Å². The van der Waals surface area contributed by atoms with Crippen molar-refractivity contribution >= 4 is 76.1 Å². The largest absolute Gasteiger partial charge is 0.455 e. The third-order valence-corrected chi connectivity index (χ3v) is 11.1. The first-order valence-electron chi connectivity index (χ1n) is 18.3. The molecular formula is C49H40N2O. The van der Waals surface area contributed by atoms with Gasteiger partial charge in [-0.25, -0.2) is 4.98 Å². The topological polar surface area (TPSA) is 31.0 Å². The van der Waals surface area contributed by atoms with Crippen LogP contribution in [-0.2, 0) is 10.8 Å². The Bertz CT molecular complexity index is 3020. The molecule has 3 heteroatoms. The number of aromatic nitrogens is 2. The molecule has 0 aliphatic carbocycles. The van der Waals surface area contributed by atoms with Gasteiger partial charge in [-0.15, -0.1) is 0 Å². The van der Waals surface area contributed by atoms with Crippen molar-refractivity contribution in [2.75, 3.05) is 0 Å². The number of furan rings is 1. The molecule has 3 aromatic heterocycles. The average molecular weight is 673 g/mol. The molecule has 0 radical (unpaired) electrons. The van der Waals surface area contributed by atoms with Gasteiger partial charge >= 0.3 is 0 Å². The first-order chi connectivity index (χ1) is 25.0. The fourth-order valence-corrected chi connectivity index (χ4v) is 8.33. The Morgan fingerprint density at radius 2 is 1.00 bits per heavy atom. The number of fused-ring (bicyclic) bond motifs is 12. The normalized spacial score (nSPS) is 12.8. The molecule has 0 unspecified atom stereocenters. The van der Waals surface area contributed by atoms with Crippen molar-refractivity contribution in [1.29, 1.82) is 0 Å². The molecule has 10 aromatic rings. The van der Waals surface area contributed by atoms with E-state index in [0.717, 1.165) is 49.9 Å². The first-order valence-corrected chi connectivity index (χ1v) is 18.3. The number of rotatable bonds is 2. The zero-order valence-corrected chi connectivity index (χ0v) is 30.5. The summed E-state index contributed by atoms with van der Waals surface area (Å²) in [7, 11) is 0. The molecule has 3 nitrogen and oxygen atoms in total. The van der Waals surface area contributed by atoms with Crippen LogP contribution >= 0.6 is 0 Å². The minimum atomic E-state index is 0.0414. The number of nitrogens with zero attached hydrogens (tertiary/aromatic N) is 2. The summed E-state index contributed by atoms with van der Waals surface area (Å²) >= 11 is 0. The van der Waals surface area contributed by atoms with Gasteiger partial charge in [-0.1, -0.05) is 120 Å². The maximum Gasteiger partial charge on any atom is 0.143 e. The van der Waals surface area contributed by atoms with Gasteiger partial charge in [-0.3, -0.25) is 4.57 Å². The molecule has 252 valence electrons. The third kappa shape index (κ3) is 4.55. The minimum absolute atomic E-state index is 0.0414. The summed E-state index contributed by atoms with van der Waals surface area (Å²) in [5, 5.41) is 12.3. The van der Waals surface area contributed by atoms with Crippen molar-refractivity contribution in [3.63, 3.8) is 0 Å². The van der Waals surface area contributed by atoms with Gasteiger partial charge in [-0.2, -0.15) is 0 Å². The standard InChI is InChI=1S/C49H40N2O/c1-48(2,3)30-18-20-43-40(25-30)41-26-31(49(4,5)6)19-21-44(41)51(43)46-24-29(22-23-50-46)32-16-11-17-37-42-27-38-35-14-9-7-12-33(35)34-13-8-10-15-36(34)39(38)28-45(42)52-47(32)37/h7-28H,1-6H3. The Morgan fingerprint density at radius 3 is 1.58 bits per heavy atom. The molecule has 0 atom stereocenters. The Hall–Kier alpha value is -5.93. The second kappa shape index (κ2) is 10.8. The van der Waals surface area contributed by atoms with Crippen molar-refractivity contribution < 1.29 is 4.42 Å². The highest BCUT2D eigenvalue weighted by atomic mass is 16.3. The molecular weight excluding hydrogens is 633 g/mol. The molecule has 0 saturated carbocycles. The van der Waals surface area contributed by atoms with E-state index in [9.17, 15) is 0 Å². The highest BCUT2D eigenvalue weighted by molar-refractivity contribution is 6.28. The molecule has 0 spiro atoms. The smallest absolute Gasteiger partial charge is 0.143 e. The van der Waals surface area contributed by atoms with E-state index in [1.807, 2.05) is 6.20 Å². The second-order valence-electron chi connectivity index (χ2n) is 16.5. The summed E-state index contributed by atoms with van der Waals surface area (Å²) in [6.45, 7) is 13.7. The highest BCUT2D eigenvalue weighted by Crippen LogP contribution is 2.43. The lowest BCUT2D eigenvalue weighted by atomic mass is 9.85. The van der Waals surface area contributed by atoms with Crippen LogP contribution in [0.4, 0.5) is 0 Å². The zero-order chi connectivity index (χ0) is 35.5. The van der Waals surface area contributed by atoms with Crippen LogP contribution in [-0.4, -0.2) is 9.55 Å². The quantitative estimate of drug-likeness (QED) is 0.171. The highest BCUT2D eigenvalue weighted by Gasteiger charge is 2.22. The van der Waals surface area contributed by atoms with E-state index >= 15 is 0 Å². The summed E-state index contributed by atoms with van der Waals surface area (Å²) in [4.78, 5) is 5.00. The molecule has 3 heterocycles. The minimum Gasteiger partial charge on any atom is -0.455 e. The van der Waals surface area contributed by atoms with Gasteiger partial charge in [0.05, 0.1) is 11.0 Å². The Kier molecular flexibility index (Phi) is 6.40. The lowest BCUT2D eigenvalue weighted by Gasteiger charge is -2.19. The number of pyridine rings is 1. The van der Waals surface area contributed by atoms with Crippen LogP contribution in [0, 0.1) is 0 Å². The predicted molar refractivity (Wildman–Crippen MR) is 221 cm³/mol. The van der Waals surface area contributed by atoms with E-state index < -0.39 is 0 Å². The van der Waals surface area contributed by atoms with E-state index in [1.165, 1.54) is 54.2 Å². The SMILES string of the molecule is CC(C)(C)c1ccc2c(c1)c1cc(C(C)(C)C)ccc1n2-c1cc(-c2cccc3c2oc2cc4c5ccccc5c5ccccc5c4cc23)ccn1. The van der Waals surface area contributed by atoms with Crippen molar-refractivity contribution in [3.8, 4) is 16.9 Å². The second-order valence-corrected chi connectivity index (χ2v) is 16.5. The maximum absolute atomic E-state index is 6.84. The lowest BCUT2D eigenvalue weighted by Crippen LogP contribution is -2.10. The fourth-order valence-electron chi connectivity index (χ4n) is 8.33. The van der Waals surface area contributed by atoms with Gasteiger partial charge < -0.3 is 4.42 Å². The van der Waals surface area contributed by atoms with Crippen molar-refractivity contribution in [3.05, 3.63) is 145 Å². The molecule has 52 heavy (non-hydrogen) atoms. The summed E-state index contributed by atoms with van der Waals surface area (Å²) in [5.41, 5.74) is 8.98. The van der Waals surface area contributed by atoms with Crippen LogP contribution in [0.5, 0.6) is 0 Å². The fraction of sp³-hybridized carbons (Fsp3) is 0.163. The number of hydrogen-bond donors (Lipinski definition) is 0. The summed E-state index contributed by atoms with van der Waals surface area (Å²) in [6, 6.07) is 46.7. The van der Waals surface area contributed by atoms with Crippen LogP contribution in [0.2, 0.25) is 0 Å². The summed E-state index contributed by atoms with van der Waals surface area (Å²) < 4.78 is 9.17. The van der Waals surface area contributed by atoms with Crippen LogP contribution in [0.1, 0.15) is 52.7 Å². The number of hydrogen-bond acceptors (Lipinski definition) is 2. The van der Waals surface area contributed by atoms with E-state index in [-0.39, 0.29) is 10.8 Å². The van der Waals surface area contributed by atoms with Crippen LogP contribution < -0.4 is 0 Å². The maximum atomic E-state index is 6.84. The van der Waals surface area contributed by atoms with Crippen LogP contribution in [0.15, 0.2) is 138 Å². The van der Waals surface area contributed by atoms with Gasteiger partial charge in [-0.05, 0) is 108 Å². The summed E-state index contributed by atoms with van der Waals surface area (Å²) in [5.74, 6) is 0.890. The molecule has 0 N–H and O–H groups in total. The molecule has 7 aromatic carbocycles. The molecule has 0 aliphatic rings. The van der Waals surface area contributed by atoms with Gasteiger partial charge in [0.2, 0.25) is 0 Å². The monoisotopic (exact) mass is 672 g/mol. The first kappa shape index (κ1) is 30.9. The Labute approximate surface area is 303 Å². The van der Waals surface area contributed by atoms with Gasteiger partial charge in [0.15, 0.2) is 0 Å². The zero-order valence-electron chi connectivity index (χ0n) is 30.5. The average Bonchev–Trinajstić information content (AvgIpc) is 3.68. The van der Waals surface area contributed by atoms with Crippen LogP contribution in [0.3, 0.4) is 0 Å². The van der Waals surface area contributed by atoms with E-state index in [1.54, 1.807) is 0 Å². The Balaban J connectivity index is 1.20. The van der Waals surface area contributed by atoms with Crippen LogP contribution in [0.25, 0.3) is 93.0 Å². The van der Waals surface area contributed by atoms with E-state index in [2.05, 4.69) is 174 Å². The molecule has 10 rings (SSSR count). The van der Waals surface area contributed by atoms with E-state index in [4.69, 9.17) is 9.40 Å². The molecule has 0 saturated heterocycles. The predicted octanol–water partition coefficient (Wildman–Crippen LogP) is 13.8. The van der Waals surface area contributed by atoms with Crippen molar-refractivity contribution in [2.24, 2.45) is 0 Å². The molecule has 0 amide bonds. The third-order valence-electron chi connectivity index (χ3n) is 11.1. The number of benzene rings is 7. The molecule has 0 fully saturated rings. The lowest BCUT2D eigenvalue weighted by molar-refractivity contribution is 0.590. The molecule has 0 bridgehead atoms. The van der Waals surface area contributed by atoms with Crippen molar-refractivity contribution in [1.82, 2.24) is 9.55 Å². The van der Waals surface area contributed by atoms with E-state index in [0.29, 0.717) is 0 Å².